The van der Waals surface area contributed by atoms with E-state index in [2.05, 4.69) is 4.98 Å². The summed E-state index contributed by atoms with van der Waals surface area (Å²) in [5.41, 5.74) is 1.41. The highest BCUT2D eigenvalue weighted by Crippen LogP contribution is 1.87. The molecule has 0 atom stereocenters. The van der Waals surface area contributed by atoms with Crippen LogP contribution in [0.15, 0.2) is 11.0 Å². The molecule has 0 N–H and O–H groups in total. The van der Waals surface area contributed by atoms with Crippen molar-refractivity contribution in [1.82, 2.24) is 9.55 Å². The van der Waals surface area contributed by atoms with Crippen LogP contribution in [0.25, 0.3) is 0 Å². The van der Waals surface area contributed by atoms with Crippen molar-refractivity contribution in [3.05, 3.63) is 27.9 Å². The van der Waals surface area contributed by atoms with Gasteiger partial charge >= 0.3 is 0 Å². The fraction of sp³-hybridized carbons (Fsp3) is 0.429. The summed E-state index contributed by atoms with van der Waals surface area (Å²) in [5.74, 6) is 0. The summed E-state index contributed by atoms with van der Waals surface area (Å²) < 4.78 is 1.54. The zero-order valence-corrected chi connectivity index (χ0v) is 6.38. The molecule has 1 rings (SSSR count). The summed E-state index contributed by atoms with van der Waals surface area (Å²) in [6.45, 7) is 3.59. The van der Waals surface area contributed by atoms with Gasteiger partial charge in [-0.05, 0) is 13.8 Å². The first-order valence-corrected chi connectivity index (χ1v) is 3.12. The molecule has 0 saturated carbocycles. The van der Waals surface area contributed by atoms with Gasteiger partial charge in [-0.3, -0.25) is 9.78 Å². The molecule has 0 amide bonds. The van der Waals surface area contributed by atoms with Gasteiger partial charge in [-0.25, -0.2) is 0 Å². The van der Waals surface area contributed by atoms with Crippen molar-refractivity contribution >= 4 is 0 Å². The minimum atomic E-state index is -0.0226. The van der Waals surface area contributed by atoms with Crippen molar-refractivity contribution in [2.75, 3.05) is 0 Å². The molecule has 0 aromatic carbocycles. The minimum Gasteiger partial charge on any atom is -0.315 e. The van der Waals surface area contributed by atoms with Crippen LogP contribution < -0.4 is 5.56 Å². The molecule has 0 aliphatic rings. The quantitative estimate of drug-likeness (QED) is 0.520. The molecular weight excluding hydrogens is 128 g/mol. The van der Waals surface area contributed by atoms with E-state index >= 15 is 0 Å². The van der Waals surface area contributed by atoms with Gasteiger partial charge in [-0.15, -0.1) is 0 Å². The Bertz CT molecular complexity index is 275. The van der Waals surface area contributed by atoms with Crippen molar-refractivity contribution in [3.8, 4) is 0 Å². The molecule has 10 heavy (non-hydrogen) atoms. The minimum absolute atomic E-state index is 0.0226. The van der Waals surface area contributed by atoms with Crippen molar-refractivity contribution < 1.29 is 0 Å². The summed E-state index contributed by atoms with van der Waals surface area (Å²) in [7, 11) is 1.73. The van der Waals surface area contributed by atoms with E-state index in [0.29, 0.717) is 5.69 Å². The maximum absolute atomic E-state index is 11.0. The Balaban J connectivity index is 3.46. The third-order valence-corrected chi connectivity index (χ3v) is 1.35. The molecular formula is C7H10N2O. The van der Waals surface area contributed by atoms with E-state index in [1.807, 2.05) is 6.92 Å². The average Bonchev–Trinajstić information content (AvgIpc) is 1.82. The highest BCUT2D eigenvalue weighted by atomic mass is 16.1. The van der Waals surface area contributed by atoms with Crippen molar-refractivity contribution in [2.45, 2.75) is 13.8 Å². The third kappa shape index (κ3) is 1.07. The van der Waals surface area contributed by atoms with Crippen LogP contribution in [0.4, 0.5) is 0 Å². The van der Waals surface area contributed by atoms with Gasteiger partial charge in [0.1, 0.15) is 5.69 Å². The molecule has 3 nitrogen and oxygen atoms in total. The van der Waals surface area contributed by atoms with E-state index in [9.17, 15) is 4.79 Å². The molecule has 1 heterocycles. The van der Waals surface area contributed by atoms with Crippen LogP contribution in [-0.4, -0.2) is 9.55 Å². The molecule has 0 radical (unpaired) electrons. The Labute approximate surface area is 59.3 Å². The van der Waals surface area contributed by atoms with Gasteiger partial charge in [-0.2, -0.15) is 0 Å². The summed E-state index contributed by atoms with van der Waals surface area (Å²) in [6.07, 6.45) is 1.72. The second-order valence-electron chi connectivity index (χ2n) is 2.38. The van der Waals surface area contributed by atoms with Crippen LogP contribution in [0.1, 0.15) is 11.4 Å². The van der Waals surface area contributed by atoms with Crippen LogP contribution in [0.3, 0.4) is 0 Å². The zero-order valence-electron chi connectivity index (χ0n) is 6.38. The number of hydrogen-bond donors (Lipinski definition) is 0. The molecule has 0 saturated heterocycles. The second-order valence-corrected chi connectivity index (χ2v) is 2.38. The largest absolute Gasteiger partial charge is 0.315 e. The lowest BCUT2D eigenvalue weighted by molar-refractivity contribution is 0.807. The maximum atomic E-state index is 11.0. The Kier molecular flexibility index (Phi) is 1.57. The Hall–Kier alpha value is -1.12. The van der Waals surface area contributed by atoms with Gasteiger partial charge in [0.15, 0.2) is 0 Å². The van der Waals surface area contributed by atoms with Gasteiger partial charge < -0.3 is 4.57 Å². The molecule has 0 spiro atoms. The van der Waals surface area contributed by atoms with E-state index in [0.717, 1.165) is 5.69 Å². The Morgan fingerprint density at radius 1 is 1.50 bits per heavy atom. The highest BCUT2D eigenvalue weighted by molar-refractivity contribution is 5.01. The fourth-order valence-electron chi connectivity index (χ4n) is 0.935. The molecule has 0 bridgehead atoms. The lowest BCUT2D eigenvalue weighted by Gasteiger charge is -1.98. The third-order valence-electron chi connectivity index (χ3n) is 1.35. The van der Waals surface area contributed by atoms with Crippen LogP contribution in [0.2, 0.25) is 0 Å². The number of aromatic nitrogens is 2. The van der Waals surface area contributed by atoms with E-state index in [4.69, 9.17) is 0 Å². The van der Waals surface area contributed by atoms with Crippen molar-refractivity contribution in [2.24, 2.45) is 7.05 Å². The Morgan fingerprint density at radius 2 is 2.10 bits per heavy atom. The van der Waals surface area contributed by atoms with Gasteiger partial charge in [0, 0.05) is 13.2 Å². The molecule has 1 aromatic heterocycles. The van der Waals surface area contributed by atoms with Gasteiger partial charge in [-0.1, -0.05) is 0 Å². The summed E-state index contributed by atoms with van der Waals surface area (Å²) >= 11 is 0. The van der Waals surface area contributed by atoms with Gasteiger partial charge in [0.05, 0.1) is 5.69 Å². The maximum Gasteiger partial charge on any atom is 0.271 e. The zero-order chi connectivity index (χ0) is 7.72. The van der Waals surface area contributed by atoms with Crippen LogP contribution in [0.5, 0.6) is 0 Å². The molecule has 0 fully saturated rings. The van der Waals surface area contributed by atoms with E-state index < -0.39 is 0 Å². The molecule has 54 valence electrons. The molecule has 0 aliphatic heterocycles. The first-order chi connectivity index (χ1) is 4.61. The van der Waals surface area contributed by atoms with Gasteiger partial charge in [0.2, 0.25) is 0 Å². The molecule has 3 heteroatoms. The summed E-state index contributed by atoms with van der Waals surface area (Å²) in [6, 6.07) is 0. The topological polar surface area (TPSA) is 34.9 Å². The van der Waals surface area contributed by atoms with Crippen LogP contribution in [-0.2, 0) is 7.05 Å². The fourth-order valence-corrected chi connectivity index (χ4v) is 0.935. The monoisotopic (exact) mass is 138 g/mol. The van der Waals surface area contributed by atoms with E-state index in [1.165, 1.54) is 4.57 Å². The standard InChI is InChI=1S/C7H10N2O/c1-5-4-9(3)7(10)6(2)8-5/h4H,1-3H3. The average molecular weight is 138 g/mol. The second kappa shape index (κ2) is 2.25. The SMILES string of the molecule is Cc1cn(C)c(=O)c(C)n1. The Morgan fingerprint density at radius 3 is 2.60 bits per heavy atom. The highest BCUT2D eigenvalue weighted by Gasteiger charge is 1.96. The smallest absolute Gasteiger partial charge is 0.271 e. The summed E-state index contributed by atoms with van der Waals surface area (Å²) in [4.78, 5) is 15.0. The van der Waals surface area contributed by atoms with E-state index in [-0.39, 0.29) is 5.56 Å². The molecule has 1 aromatic rings. The lowest BCUT2D eigenvalue weighted by atomic mass is 10.4. The number of hydrogen-bond acceptors (Lipinski definition) is 2. The summed E-state index contributed by atoms with van der Waals surface area (Å²) in [5, 5.41) is 0. The van der Waals surface area contributed by atoms with E-state index in [1.54, 1.807) is 20.2 Å². The number of nitrogens with zero attached hydrogens (tertiary/aromatic N) is 2. The number of aryl methyl sites for hydroxylation is 3. The van der Waals surface area contributed by atoms with Crippen molar-refractivity contribution in [1.29, 1.82) is 0 Å². The van der Waals surface area contributed by atoms with Crippen molar-refractivity contribution in [3.63, 3.8) is 0 Å². The first kappa shape index (κ1) is 6.99. The normalized spacial score (nSPS) is 9.90. The first-order valence-electron chi connectivity index (χ1n) is 3.12. The van der Waals surface area contributed by atoms with Crippen LogP contribution >= 0.6 is 0 Å². The molecule has 0 aliphatic carbocycles. The predicted molar refractivity (Wildman–Crippen MR) is 39.0 cm³/mol. The number of rotatable bonds is 0. The van der Waals surface area contributed by atoms with Gasteiger partial charge in [0.25, 0.3) is 5.56 Å². The molecule has 0 unspecified atom stereocenters. The lowest BCUT2D eigenvalue weighted by Crippen LogP contribution is -2.20. The predicted octanol–water partition coefficient (Wildman–Crippen LogP) is 0.397. The van der Waals surface area contributed by atoms with Crippen LogP contribution in [0, 0.1) is 13.8 Å².